The molecular formula is C16H20N6O4S2. The lowest BCUT2D eigenvalue weighted by atomic mass is 10.1. The summed E-state index contributed by atoms with van der Waals surface area (Å²) >= 11 is 1.21. The molecule has 28 heavy (non-hydrogen) atoms. The van der Waals surface area contributed by atoms with Crippen molar-refractivity contribution in [2.24, 2.45) is 7.05 Å². The van der Waals surface area contributed by atoms with Crippen molar-refractivity contribution in [2.75, 3.05) is 29.6 Å². The zero-order valence-corrected chi connectivity index (χ0v) is 17.0. The Balaban J connectivity index is 1.54. The van der Waals surface area contributed by atoms with Gasteiger partial charge in [0, 0.05) is 31.4 Å². The van der Waals surface area contributed by atoms with E-state index in [4.69, 9.17) is 0 Å². The van der Waals surface area contributed by atoms with E-state index in [1.165, 1.54) is 21.3 Å². The summed E-state index contributed by atoms with van der Waals surface area (Å²) in [4.78, 5) is 26.1. The van der Waals surface area contributed by atoms with Gasteiger partial charge in [0.1, 0.15) is 0 Å². The van der Waals surface area contributed by atoms with E-state index in [2.05, 4.69) is 20.8 Å². The fourth-order valence-electron chi connectivity index (χ4n) is 2.82. The molecule has 2 heterocycles. The number of carbonyl (C=O) groups excluding carboxylic acids is 2. The maximum Gasteiger partial charge on any atom is 0.253 e. The van der Waals surface area contributed by atoms with E-state index in [0.29, 0.717) is 22.8 Å². The molecule has 1 N–H and O–H groups in total. The van der Waals surface area contributed by atoms with Crippen LogP contribution in [0.5, 0.6) is 0 Å². The van der Waals surface area contributed by atoms with E-state index in [9.17, 15) is 18.0 Å². The topological polar surface area (TPSA) is 127 Å². The van der Waals surface area contributed by atoms with Crippen molar-refractivity contribution in [2.45, 2.75) is 17.6 Å². The molecule has 0 bridgehead atoms. The van der Waals surface area contributed by atoms with Crippen molar-refractivity contribution >= 4 is 39.1 Å². The van der Waals surface area contributed by atoms with Crippen molar-refractivity contribution in [1.29, 1.82) is 0 Å². The first-order valence-electron chi connectivity index (χ1n) is 8.48. The molecule has 1 aromatic carbocycles. The average Bonchev–Trinajstić information content (AvgIpc) is 3.24. The number of nitrogens with one attached hydrogen (secondary N) is 1. The maximum atomic E-state index is 12.6. The fourth-order valence-corrected chi connectivity index (χ4v) is 5.24. The van der Waals surface area contributed by atoms with E-state index in [1.54, 1.807) is 38.4 Å². The number of amides is 2. The normalized spacial score (nSPS) is 18.0. The predicted octanol–water partition coefficient (Wildman–Crippen LogP) is 0.200. The predicted molar refractivity (Wildman–Crippen MR) is 104 cm³/mol. The number of aromatic nitrogens is 4. The van der Waals surface area contributed by atoms with Gasteiger partial charge in [0.2, 0.25) is 11.1 Å². The van der Waals surface area contributed by atoms with Gasteiger partial charge >= 0.3 is 0 Å². The summed E-state index contributed by atoms with van der Waals surface area (Å²) < 4.78 is 24.7. The summed E-state index contributed by atoms with van der Waals surface area (Å²) in [6.07, 6.45) is 0.456. The molecule has 2 aromatic rings. The van der Waals surface area contributed by atoms with Crippen molar-refractivity contribution < 1.29 is 18.0 Å². The highest BCUT2D eigenvalue weighted by Crippen LogP contribution is 2.20. The number of sulfone groups is 1. The van der Waals surface area contributed by atoms with Crippen LogP contribution >= 0.6 is 11.8 Å². The van der Waals surface area contributed by atoms with Gasteiger partial charge in [-0.05, 0) is 41.1 Å². The number of hydrogen-bond acceptors (Lipinski definition) is 8. The Morgan fingerprint density at radius 2 is 2.04 bits per heavy atom. The highest BCUT2D eigenvalue weighted by molar-refractivity contribution is 7.99. The monoisotopic (exact) mass is 424 g/mol. The molecule has 1 saturated heterocycles. The van der Waals surface area contributed by atoms with Crippen molar-refractivity contribution in [3.05, 3.63) is 29.8 Å². The number of tetrazole rings is 1. The fraction of sp³-hybridized carbons (Fsp3) is 0.438. The Morgan fingerprint density at radius 1 is 1.32 bits per heavy atom. The van der Waals surface area contributed by atoms with Crippen LogP contribution in [0.4, 0.5) is 5.69 Å². The van der Waals surface area contributed by atoms with Crippen molar-refractivity contribution in [3.8, 4) is 0 Å². The molecule has 12 heteroatoms. The minimum absolute atomic E-state index is 0.00207. The van der Waals surface area contributed by atoms with Gasteiger partial charge in [-0.1, -0.05) is 11.8 Å². The molecule has 3 rings (SSSR count). The molecule has 10 nitrogen and oxygen atoms in total. The number of anilines is 1. The molecule has 1 atom stereocenters. The first-order valence-corrected chi connectivity index (χ1v) is 11.3. The van der Waals surface area contributed by atoms with Crippen molar-refractivity contribution in [1.82, 2.24) is 25.1 Å². The zero-order chi connectivity index (χ0) is 20.3. The SMILES string of the molecule is CN(C(=O)c1ccc(NC(=O)CSc2nnnn2C)cc1)C1CCS(=O)(=O)C1. The van der Waals surface area contributed by atoms with Gasteiger partial charge < -0.3 is 10.2 Å². The second kappa shape index (κ2) is 8.27. The summed E-state index contributed by atoms with van der Waals surface area (Å²) in [5.74, 6) is -0.205. The van der Waals surface area contributed by atoms with Crippen LogP contribution in [0.15, 0.2) is 29.4 Å². The molecular weight excluding hydrogens is 404 g/mol. The Kier molecular flexibility index (Phi) is 5.98. The molecule has 0 radical (unpaired) electrons. The number of thioether (sulfide) groups is 1. The third kappa shape index (κ3) is 4.87. The molecule has 1 aliphatic heterocycles. The van der Waals surface area contributed by atoms with Crippen LogP contribution in [0.2, 0.25) is 0 Å². The number of hydrogen-bond donors (Lipinski definition) is 1. The van der Waals surface area contributed by atoms with E-state index < -0.39 is 9.84 Å². The van der Waals surface area contributed by atoms with Crippen LogP contribution in [-0.4, -0.2) is 75.7 Å². The Labute approximate surface area is 166 Å². The number of carbonyl (C=O) groups is 2. The van der Waals surface area contributed by atoms with Crippen LogP contribution < -0.4 is 5.32 Å². The maximum absolute atomic E-state index is 12.6. The summed E-state index contributed by atoms with van der Waals surface area (Å²) in [7, 11) is 0.244. The Hall–Kier alpha value is -2.47. The molecule has 1 fully saturated rings. The number of rotatable bonds is 6. The Bertz CT molecular complexity index is 973. The van der Waals surface area contributed by atoms with Gasteiger partial charge in [0.05, 0.1) is 17.3 Å². The van der Waals surface area contributed by atoms with Crippen LogP contribution in [0.25, 0.3) is 0 Å². The summed E-state index contributed by atoms with van der Waals surface area (Å²) in [6.45, 7) is 0. The van der Waals surface area contributed by atoms with E-state index >= 15 is 0 Å². The van der Waals surface area contributed by atoms with Gasteiger partial charge in [-0.15, -0.1) is 5.10 Å². The van der Waals surface area contributed by atoms with Gasteiger partial charge in [-0.25, -0.2) is 13.1 Å². The first-order chi connectivity index (χ1) is 13.2. The minimum atomic E-state index is -3.06. The first kappa shape index (κ1) is 20.3. The quantitative estimate of drug-likeness (QED) is 0.652. The molecule has 0 aliphatic carbocycles. The summed E-state index contributed by atoms with van der Waals surface area (Å²) in [5, 5.41) is 14.3. The minimum Gasteiger partial charge on any atom is -0.338 e. The molecule has 1 unspecified atom stereocenters. The number of aryl methyl sites for hydroxylation is 1. The van der Waals surface area contributed by atoms with E-state index in [0.717, 1.165) is 0 Å². The van der Waals surface area contributed by atoms with Gasteiger partial charge in [0.15, 0.2) is 9.84 Å². The average molecular weight is 425 g/mol. The van der Waals surface area contributed by atoms with Gasteiger partial charge in [-0.2, -0.15) is 0 Å². The van der Waals surface area contributed by atoms with Crippen LogP contribution in [0.3, 0.4) is 0 Å². The molecule has 0 spiro atoms. The van der Waals surface area contributed by atoms with Crippen LogP contribution in [-0.2, 0) is 21.7 Å². The zero-order valence-electron chi connectivity index (χ0n) is 15.4. The molecule has 1 aromatic heterocycles. The second-order valence-electron chi connectivity index (χ2n) is 6.47. The van der Waals surface area contributed by atoms with Crippen molar-refractivity contribution in [3.63, 3.8) is 0 Å². The van der Waals surface area contributed by atoms with Gasteiger partial charge in [-0.3, -0.25) is 9.59 Å². The largest absolute Gasteiger partial charge is 0.338 e. The third-order valence-electron chi connectivity index (χ3n) is 4.41. The molecule has 1 aliphatic rings. The third-order valence-corrected chi connectivity index (χ3v) is 7.17. The lowest BCUT2D eigenvalue weighted by Crippen LogP contribution is -2.37. The lowest BCUT2D eigenvalue weighted by Gasteiger charge is -2.23. The number of nitrogens with zero attached hydrogens (tertiary/aromatic N) is 5. The Morgan fingerprint density at radius 3 is 2.61 bits per heavy atom. The smallest absolute Gasteiger partial charge is 0.253 e. The molecule has 2 amide bonds. The van der Waals surface area contributed by atoms with E-state index in [1.807, 2.05) is 0 Å². The lowest BCUT2D eigenvalue weighted by molar-refractivity contribution is -0.113. The summed E-state index contributed by atoms with van der Waals surface area (Å²) in [6, 6.07) is 6.19. The standard InChI is InChI=1S/C16H20N6O4S2/c1-21(13-7-8-28(25,26)10-13)15(24)11-3-5-12(6-4-11)17-14(23)9-27-16-18-19-20-22(16)2/h3-6,13H,7-10H2,1-2H3,(H,17,23). The summed E-state index contributed by atoms with van der Waals surface area (Å²) in [5.41, 5.74) is 0.994. The second-order valence-corrected chi connectivity index (χ2v) is 9.64. The molecule has 0 saturated carbocycles. The molecule has 150 valence electrons. The van der Waals surface area contributed by atoms with E-state index in [-0.39, 0.29) is 35.1 Å². The highest BCUT2D eigenvalue weighted by Gasteiger charge is 2.33. The van der Waals surface area contributed by atoms with Crippen LogP contribution in [0.1, 0.15) is 16.8 Å². The number of benzene rings is 1. The van der Waals surface area contributed by atoms with Crippen LogP contribution in [0, 0.1) is 0 Å². The van der Waals surface area contributed by atoms with Gasteiger partial charge in [0.25, 0.3) is 5.91 Å². The highest BCUT2D eigenvalue weighted by atomic mass is 32.2.